The summed E-state index contributed by atoms with van der Waals surface area (Å²) in [7, 11) is 2.14. The van der Waals surface area contributed by atoms with Crippen molar-refractivity contribution in [1.82, 2.24) is 15.1 Å². The van der Waals surface area contributed by atoms with Crippen LogP contribution >= 0.6 is 11.3 Å². The average Bonchev–Trinajstić information content (AvgIpc) is 2.89. The number of hydrogen-bond acceptors (Lipinski definition) is 3. The Balaban J connectivity index is 1.88. The smallest absolute Gasteiger partial charge is 0.0765 e. The second-order valence-electron chi connectivity index (χ2n) is 4.83. The molecule has 0 aliphatic carbocycles. The van der Waals surface area contributed by atoms with Gasteiger partial charge in [-0.15, -0.1) is 11.3 Å². The maximum Gasteiger partial charge on any atom is 0.0765 e. The molecule has 2 aromatic heterocycles. The lowest BCUT2D eigenvalue weighted by Crippen LogP contribution is -2.16. The molecular formula is C14H21N3S. The van der Waals surface area contributed by atoms with Crippen LogP contribution in [0.15, 0.2) is 18.2 Å². The molecule has 4 heteroatoms. The molecular weight excluding hydrogens is 242 g/mol. The molecule has 2 aromatic rings. The fourth-order valence-electron chi connectivity index (χ4n) is 2.04. The standard InChI is InChI=1S/C14H21N3S/c1-4-5-13-6-7-14(18-13)10-17(3)9-12-8-11(2)15-16-12/h6-8H,4-5,9-10H2,1-3H3,(H,15,16). The number of aromatic amines is 1. The molecule has 0 radical (unpaired) electrons. The third-order valence-corrected chi connectivity index (χ3v) is 3.96. The van der Waals surface area contributed by atoms with E-state index < -0.39 is 0 Å². The van der Waals surface area contributed by atoms with Crippen LogP contribution < -0.4 is 0 Å². The molecule has 98 valence electrons. The Bertz CT molecular complexity index is 487. The fourth-order valence-corrected chi connectivity index (χ4v) is 3.24. The topological polar surface area (TPSA) is 31.9 Å². The lowest BCUT2D eigenvalue weighted by atomic mass is 10.3. The van der Waals surface area contributed by atoms with Gasteiger partial charge < -0.3 is 0 Å². The Labute approximate surface area is 113 Å². The number of nitrogens with zero attached hydrogens (tertiary/aromatic N) is 2. The molecule has 0 atom stereocenters. The number of aryl methyl sites for hydroxylation is 2. The molecule has 0 aliphatic rings. The monoisotopic (exact) mass is 263 g/mol. The van der Waals surface area contributed by atoms with Crippen molar-refractivity contribution in [3.63, 3.8) is 0 Å². The number of nitrogens with one attached hydrogen (secondary N) is 1. The summed E-state index contributed by atoms with van der Waals surface area (Å²) in [6, 6.07) is 6.62. The molecule has 2 rings (SSSR count). The molecule has 0 spiro atoms. The van der Waals surface area contributed by atoms with E-state index in [9.17, 15) is 0 Å². The molecule has 0 bridgehead atoms. The zero-order valence-corrected chi connectivity index (χ0v) is 12.2. The van der Waals surface area contributed by atoms with E-state index in [-0.39, 0.29) is 0 Å². The van der Waals surface area contributed by atoms with Gasteiger partial charge in [0.05, 0.1) is 5.69 Å². The fraction of sp³-hybridized carbons (Fsp3) is 0.500. The normalized spacial score (nSPS) is 11.3. The predicted molar refractivity (Wildman–Crippen MR) is 76.8 cm³/mol. The molecule has 18 heavy (non-hydrogen) atoms. The van der Waals surface area contributed by atoms with Crippen LogP contribution in [0, 0.1) is 6.92 Å². The molecule has 1 N–H and O–H groups in total. The second kappa shape index (κ2) is 6.16. The van der Waals surface area contributed by atoms with Crippen molar-refractivity contribution in [2.75, 3.05) is 7.05 Å². The Morgan fingerprint density at radius 3 is 2.72 bits per heavy atom. The Kier molecular flexibility index (Phi) is 4.55. The molecule has 0 aromatic carbocycles. The van der Waals surface area contributed by atoms with E-state index in [2.05, 4.69) is 47.3 Å². The third kappa shape index (κ3) is 3.68. The summed E-state index contributed by atoms with van der Waals surface area (Å²) in [5.74, 6) is 0. The van der Waals surface area contributed by atoms with Gasteiger partial charge in [-0.2, -0.15) is 5.10 Å². The van der Waals surface area contributed by atoms with E-state index in [1.165, 1.54) is 22.6 Å². The van der Waals surface area contributed by atoms with E-state index >= 15 is 0 Å². The van der Waals surface area contributed by atoms with Crippen molar-refractivity contribution in [2.24, 2.45) is 0 Å². The van der Waals surface area contributed by atoms with Gasteiger partial charge in [0.15, 0.2) is 0 Å². The highest BCUT2D eigenvalue weighted by Crippen LogP contribution is 2.19. The zero-order chi connectivity index (χ0) is 13.0. The van der Waals surface area contributed by atoms with Crippen LogP contribution in [0.1, 0.15) is 34.5 Å². The van der Waals surface area contributed by atoms with E-state index in [0.717, 1.165) is 24.5 Å². The molecule has 0 unspecified atom stereocenters. The van der Waals surface area contributed by atoms with Gasteiger partial charge in [-0.25, -0.2) is 0 Å². The lowest BCUT2D eigenvalue weighted by molar-refractivity contribution is 0.318. The Morgan fingerprint density at radius 2 is 2.06 bits per heavy atom. The first-order chi connectivity index (χ1) is 8.67. The summed E-state index contributed by atoms with van der Waals surface area (Å²) in [4.78, 5) is 5.24. The predicted octanol–water partition coefficient (Wildman–Crippen LogP) is 3.36. The summed E-state index contributed by atoms with van der Waals surface area (Å²) >= 11 is 1.93. The zero-order valence-electron chi connectivity index (χ0n) is 11.4. The summed E-state index contributed by atoms with van der Waals surface area (Å²) in [5, 5.41) is 7.25. The molecule has 0 saturated heterocycles. The van der Waals surface area contributed by atoms with Crippen molar-refractivity contribution in [3.8, 4) is 0 Å². The SMILES string of the molecule is CCCc1ccc(CN(C)Cc2cc(C)[nH]n2)s1. The Morgan fingerprint density at radius 1 is 1.28 bits per heavy atom. The molecule has 0 saturated carbocycles. The number of aromatic nitrogens is 2. The average molecular weight is 263 g/mol. The summed E-state index contributed by atoms with van der Waals surface area (Å²) in [5.41, 5.74) is 2.24. The highest BCUT2D eigenvalue weighted by molar-refractivity contribution is 7.11. The summed E-state index contributed by atoms with van der Waals surface area (Å²) in [6.45, 7) is 6.16. The molecule has 0 amide bonds. The van der Waals surface area contributed by atoms with Crippen LogP contribution in [-0.4, -0.2) is 22.1 Å². The molecule has 0 fully saturated rings. The number of H-pyrrole nitrogens is 1. The minimum Gasteiger partial charge on any atom is -0.295 e. The number of hydrogen-bond donors (Lipinski definition) is 1. The summed E-state index contributed by atoms with van der Waals surface area (Å²) < 4.78 is 0. The third-order valence-electron chi connectivity index (χ3n) is 2.83. The van der Waals surface area contributed by atoms with Gasteiger partial charge in [0.1, 0.15) is 0 Å². The van der Waals surface area contributed by atoms with Crippen molar-refractivity contribution >= 4 is 11.3 Å². The van der Waals surface area contributed by atoms with Gasteiger partial charge in [0, 0.05) is 28.5 Å². The van der Waals surface area contributed by atoms with Gasteiger partial charge in [0.25, 0.3) is 0 Å². The van der Waals surface area contributed by atoms with E-state index in [4.69, 9.17) is 0 Å². The van der Waals surface area contributed by atoms with Gasteiger partial charge in [-0.05, 0) is 38.6 Å². The van der Waals surface area contributed by atoms with Gasteiger partial charge in [0.2, 0.25) is 0 Å². The quantitative estimate of drug-likeness (QED) is 0.866. The molecule has 0 aliphatic heterocycles. The van der Waals surface area contributed by atoms with Gasteiger partial charge in [-0.3, -0.25) is 10.00 Å². The lowest BCUT2D eigenvalue weighted by Gasteiger charge is -2.13. The van der Waals surface area contributed by atoms with E-state index in [1.807, 2.05) is 18.3 Å². The van der Waals surface area contributed by atoms with Gasteiger partial charge in [-0.1, -0.05) is 13.3 Å². The molecule has 3 nitrogen and oxygen atoms in total. The van der Waals surface area contributed by atoms with Crippen LogP contribution in [0.4, 0.5) is 0 Å². The van der Waals surface area contributed by atoms with Crippen molar-refractivity contribution in [3.05, 3.63) is 39.3 Å². The first-order valence-corrected chi connectivity index (χ1v) is 7.26. The van der Waals surface area contributed by atoms with E-state index in [0.29, 0.717) is 0 Å². The van der Waals surface area contributed by atoms with Crippen molar-refractivity contribution in [1.29, 1.82) is 0 Å². The maximum absolute atomic E-state index is 4.27. The minimum absolute atomic E-state index is 0.894. The van der Waals surface area contributed by atoms with Crippen LogP contribution in [0.3, 0.4) is 0 Å². The second-order valence-corrected chi connectivity index (χ2v) is 6.09. The van der Waals surface area contributed by atoms with Crippen LogP contribution in [-0.2, 0) is 19.5 Å². The van der Waals surface area contributed by atoms with E-state index in [1.54, 1.807) is 0 Å². The number of thiophene rings is 1. The first-order valence-electron chi connectivity index (χ1n) is 6.44. The van der Waals surface area contributed by atoms with Crippen molar-refractivity contribution in [2.45, 2.75) is 39.8 Å². The highest BCUT2D eigenvalue weighted by Gasteiger charge is 2.06. The maximum atomic E-state index is 4.27. The van der Waals surface area contributed by atoms with Gasteiger partial charge >= 0.3 is 0 Å². The van der Waals surface area contributed by atoms with Crippen LogP contribution in [0.5, 0.6) is 0 Å². The minimum atomic E-state index is 0.894. The highest BCUT2D eigenvalue weighted by atomic mass is 32.1. The van der Waals surface area contributed by atoms with Crippen molar-refractivity contribution < 1.29 is 0 Å². The molecule has 2 heterocycles. The largest absolute Gasteiger partial charge is 0.295 e. The van der Waals surface area contributed by atoms with Crippen LogP contribution in [0.2, 0.25) is 0 Å². The first kappa shape index (κ1) is 13.3. The Hall–Kier alpha value is -1.13. The summed E-state index contributed by atoms with van der Waals surface area (Å²) in [6.07, 6.45) is 2.43. The number of rotatable bonds is 6. The van der Waals surface area contributed by atoms with Crippen LogP contribution in [0.25, 0.3) is 0 Å².